The Bertz CT molecular complexity index is 223. The van der Waals surface area contributed by atoms with Crippen LogP contribution in [0.25, 0.3) is 0 Å². The summed E-state index contributed by atoms with van der Waals surface area (Å²) < 4.78 is 0. The van der Waals surface area contributed by atoms with Gasteiger partial charge >= 0.3 is 0 Å². The minimum atomic E-state index is 0.760. The summed E-state index contributed by atoms with van der Waals surface area (Å²) in [5.41, 5.74) is 2.78. The predicted molar refractivity (Wildman–Crippen MR) is 57.4 cm³/mol. The number of rotatable bonds is 2. The highest BCUT2D eigenvalue weighted by Gasteiger charge is 2.47. The predicted octanol–water partition coefficient (Wildman–Crippen LogP) is 3.80. The van der Waals surface area contributed by atoms with E-state index < -0.39 is 0 Å². The van der Waals surface area contributed by atoms with Gasteiger partial charge in [0.15, 0.2) is 0 Å². The summed E-state index contributed by atoms with van der Waals surface area (Å²) in [6.07, 6.45) is 4.31. The van der Waals surface area contributed by atoms with Gasteiger partial charge < -0.3 is 0 Å². The number of hydrogen-bond acceptors (Lipinski definition) is 0. The van der Waals surface area contributed by atoms with Gasteiger partial charge in [0.1, 0.15) is 0 Å². The minimum Gasteiger partial charge on any atom is -0.0998 e. The third-order valence-corrected chi connectivity index (χ3v) is 4.05. The monoisotopic (exact) mass is 176 g/mol. The van der Waals surface area contributed by atoms with Crippen molar-refractivity contribution in [2.24, 2.45) is 23.7 Å². The van der Waals surface area contributed by atoms with E-state index in [4.69, 9.17) is 0 Å². The zero-order chi connectivity index (χ0) is 9.59. The largest absolute Gasteiger partial charge is 0.0998 e. The summed E-state index contributed by atoms with van der Waals surface area (Å²) in [5.74, 6) is 3.39. The molecule has 2 aliphatic rings. The van der Waals surface area contributed by atoms with Crippen molar-refractivity contribution >= 4 is 0 Å². The lowest BCUT2D eigenvalue weighted by Gasteiger charge is -2.31. The molecule has 0 N–H and O–H groups in total. The Hall–Kier alpha value is -0.520. The van der Waals surface area contributed by atoms with E-state index in [0.29, 0.717) is 0 Å². The lowest BCUT2D eigenvalue weighted by Crippen LogP contribution is -2.23. The highest BCUT2D eigenvalue weighted by atomic mass is 14.5. The van der Waals surface area contributed by atoms with E-state index in [1.807, 2.05) is 0 Å². The van der Waals surface area contributed by atoms with Gasteiger partial charge in [-0.15, -0.1) is 0 Å². The van der Waals surface area contributed by atoms with E-state index in [0.717, 1.165) is 23.7 Å². The number of hydrogen-bond donors (Lipinski definition) is 0. The third kappa shape index (κ3) is 1.27. The summed E-state index contributed by atoms with van der Waals surface area (Å²) in [6, 6.07) is 0. The van der Waals surface area contributed by atoms with Crippen molar-refractivity contribution in [2.45, 2.75) is 33.1 Å². The molecule has 0 nitrogen and oxygen atoms in total. The second kappa shape index (κ2) is 3.01. The second-order valence-corrected chi connectivity index (χ2v) is 5.08. The molecule has 0 aromatic rings. The first-order valence-electron chi connectivity index (χ1n) is 5.42. The molecule has 0 heterocycles. The fraction of sp³-hybridized carbons (Fsp3) is 0.692. The van der Waals surface area contributed by atoms with Crippen LogP contribution in [-0.4, -0.2) is 0 Å². The van der Waals surface area contributed by atoms with Gasteiger partial charge in [0.2, 0.25) is 0 Å². The molecule has 0 amide bonds. The van der Waals surface area contributed by atoms with E-state index in [2.05, 4.69) is 27.0 Å². The molecule has 4 unspecified atom stereocenters. The molecule has 0 aromatic carbocycles. The van der Waals surface area contributed by atoms with E-state index in [-0.39, 0.29) is 0 Å². The maximum Gasteiger partial charge on any atom is -0.0112 e. The summed E-state index contributed by atoms with van der Waals surface area (Å²) in [6.45, 7) is 12.7. The van der Waals surface area contributed by atoms with Crippen molar-refractivity contribution in [3.05, 3.63) is 24.3 Å². The quantitative estimate of drug-likeness (QED) is 0.561. The number of fused-ring (bicyclic) bond motifs is 2. The Morgan fingerprint density at radius 2 is 1.31 bits per heavy atom. The Morgan fingerprint density at radius 3 is 1.62 bits per heavy atom. The Kier molecular flexibility index (Phi) is 2.09. The molecule has 0 saturated heterocycles. The van der Waals surface area contributed by atoms with Gasteiger partial charge in [-0.25, -0.2) is 0 Å². The topological polar surface area (TPSA) is 0 Å². The lowest BCUT2D eigenvalue weighted by atomic mass is 9.73. The molecule has 0 aliphatic heterocycles. The van der Waals surface area contributed by atoms with Crippen LogP contribution in [0.1, 0.15) is 33.1 Å². The molecule has 2 saturated carbocycles. The Morgan fingerprint density at radius 1 is 0.923 bits per heavy atom. The SMILES string of the molecule is C=C(C)C1C2CCC(C2)C1C(=C)C. The van der Waals surface area contributed by atoms with Crippen LogP contribution in [0.3, 0.4) is 0 Å². The summed E-state index contributed by atoms with van der Waals surface area (Å²) >= 11 is 0. The maximum atomic E-state index is 4.15. The van der Waals surface area contributed by atoms with E-state index in [1.165, 1.54) is 30.4 Å². The molecule has 0 radical (unpaired) electrons. The fourth-order valence-corrected chi connectivity index (χ4v) is 3.71. The van der Waals surface area contributed by atoms with Gasteiger partial charge in [0.25, 0.3) is 0 Å². The first kappa shape index (κ1) is 9.05. The standard InChI is InChI=1S/C13H20/c1-8(2)12-10-5-6-11(7-10)13(12)9(3)4/h10-13H,1,3,5-7H2,2,4H3. The molecule has 2 fully saturated rings. The normalized spacial score (nSPS) is 42.3. The van der Waals surface area contributed by atoms with Crippen molar-refractivity contribution in [1.82, 2.24) is 0 Å². The van der Waals surface area contributed by atoms with E-state index >= 15 is 0 Å². The van der Waals surface area contributed by atoms with E-state index in [1.54, 1.807) is 0 Å². The zero-order valence-corrected chi connectivity index (χ0v) is 8.84. The zero-order valence-electron chi connectivity index (χ0n) is 8.84. The second-order valence-electron chi connectivity index (χ2n) is 5.08. The van der Waals surface area contributed by atoms with Gasteiger partial charge in [0, 0.05) is 0 Å². The molecule has 2 bridgehead atoms. The van der Waals surface area contributed by atoms with Crippen molar-refractivity contribution < 1.29 is 0 Å². The van der Waals surface area contributed by atoms with Gasteiger partial charge in [-0.05, 0) is 56.8 Å². The molecule has 0 aromatic heterocycles. The van der Waals surface area contributed by atoms with Crippen LogP contribution in [0, 0.1) is 23.7 Å². The smallest absolute Gasteiger partial charge is 0.0112 e. The van der Waals surface area contributed by atoms with Crippen molar-refractivity contribution in [3.63, 3.8) is 0 Å². The van der Waals surface area contributed by atoms with Gasteiger partial charge in [-0.3, -0.25) is 0 Å². The molecule has 0 spiro atoms. The van der Waals surface area contributed by atoms with Crippen LogP contribution < -0.4 is 0 Å². The minimum absolute atomic E-state index is 0.760. The van der Waals surface area contributed by atoms with Crippen LogP contribution in [-0.2, 0) is 0 Å². The molecular weight excluding hydrogens is 156 g/mol. The van der Waals surface area contributed by atoms with Crippen LogP contribution in [0.4, 0.5) is 0 Å². The van der Waals surface area contributed by atoms with Gasteiger partial charge in [-0.2, -0.15) is 0 Å². The average molecular weight is 176 g/mol. The van der Waals surface area contributed by atoms with Crippen LogP contribution in [0.2, 0.25) is 0 Å². The Balaban J connectivity index is 2.24. The van der Waals surface area contributed by atoms with Crippen LogP contribution >= 0.6 is 0 Å². The van der Waals surface area contributed by atoms with Crippen LogP contribution in [0.5, 0.6) is 0 Å². The summed E-state index contributed by atoms with van der Waals surface area (Å²) in [7, 11) is 0. The lowest BCUT2D eigenvalue weighted by molar-refractivity contribution is 0.292. The molecule has 2 aliphatic carbocycles. The fourth-order valence-electron chi connectivity index (χ4n) is 3.71. The average Bonchev–Trinajstić information content (AvgIpc) is 2.60. The first-order chi connectivity index (χ1) is 6.11. The Labute approximate surface area is 81.7 Å². The van der Waals surface area contributed by atoms with E-state index in [9.17, 15) is 0 Å². The van der Waals surface area contributed by atoms with Crippen molar-refractivity contribution in [1.29, 1.82) is 0 Å². The maximum absolute atomic E-state index is 4.15. The summed E-state index contributed by atoms with van der Waals surface area (Å²) in [5, 5.41) is 0. The highest BCUT2D eigenvalue weighted by Crippen LogP contribution is 2.56. The summed E-state index contributed by atoms with van der Waals surface area (Å²) in [4.78, 5) is 0. The van der Waals surface area contributed by atoms with Gasteiger partial charge in [0.05, 0.1) is 0 Å². The molecule has 72 valence electrons. The van der Waals surface area contributed by atoms with Crippen molar-refractivity contribution in [3.8, 4) is 0 Å². The number of allylic oxidation sites excluding steroid dienone is 2. The highest BCUT2D eigenvalue weighted by molar-refractivity contribution is 5.18. The molecule has 4 atom stereocenters. The van der Waals surface area contributed by atoms with Crippen LogP contribution in [0.15, 0.2) is 24.3 Å². The molecular formula is C13H20. The molecule has 13 heavy (non-hydrogen) atoms. The first-order valence-corrected chi connectivity index (χ1v) is 5.42. The third-order valence-electron chi connectivity index (χ3n) is 4.05. The van der Waals surface area contributed by atoms with Gasteiger partial charge in [-0.1, -0.05) is 24.3 Å². The molecule has 2 rings (SSSR count). The molecule has 0 heteroatoms. The van der Waals surface area contributed by atoms with Crippen molar-refractivity contribution in [2.75, 3.05) is 0 Å².